The summed E-state index contributed by atoms with van der Waals surface area (Å²) in [5.41, 5.74) is 0.699. The molecule has 2 amide bonds. The second-order valence-corrected chi connectivity index (χ2v) is 4.43. The van der Waals surface area contributed by atoms with Gasteiger partial charge in [-0.15, -0.1) is 0 Å². The van der Waals surface area contributed by atoms with Crippen molar-refractivity contribution in [3.63, 3.8) is 0 Å². The van der Waals surface area contributed by atoms with Crippen LogP contribution in [0.1, 0.15) is 12.8 Å². The number of urea groups is 1. The maximum Gasteiger partial charge on any atom is 0.347 e. The van der Waals surface area contributed by atoms with E-state index >= 15 is 0 Å². The van der Waals surface area contributed by atoms with Crippen molar-refractivity contribution in [1.29, 1.82) is 0 Å². The molecule has 5 heteroatoms. The molecule has 0 saturated carbocycles. The molecule has 0 radical (unpaired) electrons. The molecular formula is C12H14ClN3O. The average Bonchev–Trinajstić information content (AvgIpc) is 2.68. The van der Waals surface area contributed by atoms with E-state index in [-0.39, 0.29) is 6.03 Å². The van der Waals surface area contributed by atoms with Crippen molar-refractivity contribution in [2.24, 2.45) is 4.99 Å². The molecule has 1 heterocycles. The molecule has 17 heavy (non-hydrogen) atoms. The van der Waals surface area contributed by atoms with Gasteiger partial charge in [-0.1, -0.05) is 11.6 Å². The van der Waals surface area contributed by atoms with Crippen LogP contribution in [0.5, 0.6) is 0 Å². The highest BCUT2D eigenvalue weighted by Crippen LogP contribution is 2.14. The molecule has 0 aliphatic carbocycles. The average molecular weight is 252 g/mol. The molecule has 1 aromatic carbocycles. The minimum absolute atomic E-state index is 0.337. The van der Waals surface area contributed by atoms with Gasteiger partial charge in [0.2, 0.25) is 0 Å². The highest BCUT2D eigenvalue weighted by atomic mass is 35.5. The zero-order chi connectivity index (χ0) is 12.3. The van der Waals surface area contributed by atoms with Crippen molar-refractivity contribution in [2.75, 3.05) is 18.9 Å². The number of nitrogens with zero attached hydrogens (tertiary/aromatic N) is 2. The van der Waals surface area contributed by atoms with Crippen LogP contribution < -0.4 is 5.32 Å². The van der Waals surface area contributed by atoms with Crippen LogP contribution in [0.25, 0.3) is 0 Å². The van der Waals surface area contributed by atoms with E-state index in [2.05, 4.69) is 10.3 Å². The second-order valence-electron chi connectivity index (χ2n) is 3.99. The molecule has 1 N–H and O–H groups in total. The van der Waals surface area contributed by atoms with E-state index in [9.17, 15) is 4.79 Å². The molecule has 4 nitrogen and oxygen atoms in total. The SMILES string of the molecule is CN1CCC/C1=N\C(=O)Nc1ccc(Cl)cc1. The Morgan fingerprint density at radius 3 is 2.71 bits per heavy atom. The number of likely N-dealkylation sites (tertiary alicyclic amines) is 1. The first-order valence-electron chi connectivity index (χ1n) is 5.50. The number of benzene rings is 1. The van der Waals surface area contributed by atoms with Crippen molar-refractivity contribution in [1.82, 2.24) is 4.90 Å². The molecule has 0 unspecified atom stereocenters. The Balaban J connectivity index is 2.00. The summed E-state index contributed by atoms with van der Waals surface area (Å²) < 4.78 is 0. The van der Waals surface area contributed by atoms with E-state index < -0.39 is 0 Å². The van der Waals surface area contributed by atoms with Crippen LogP contribution in [0.4, 0.5) is 10.5 Å². The largest absolute Gasteiger partial charge is 0.363 e. The molecule has 0 atom stereocenters. The molecule has 1 fully saturated rings. The Kier molecular flexibility index (Phi) is 3.64. The lowest BCUT2D eigenvalue weighted by atomic mass is 10.3. The summed E-state index contributed by atoms with van der Waals surface area (Å²) in [7, 11) is 1.95. The number of halogens is 1. The van der Waals surface area contributed by atoms with Gasteiger partial charge in [0.25, 0.3) is 0 Å². The minimum Gasteiger partial charge on any atom is -0.363 e. The Bertz CT molecular complexity index is 442. The number of amidine groups is 1. The van der Waals surface area contributed by atoms with E-state index in [1.165, 1.54) is 0 Å². The van der Waals surface area contributed by atoms with Crippen molar-refractivity contribution < 1.29 is 4.79 Å². The Morgan fingerprint density at radius 2 is 2.12 bits per heavy atom. The zero-order valence-electron chi connectivity index (χ0n) is 9.61. The van der Waals surface area contributed by atoms with Crippen LogP contribution in [0.2, 0.25) is 5.02 Å². The Hall–Kier alpha value is -1.55. The van der Waals surface area contributed by atoms with E-state index in [4.69, 9.17) is 11.6 Å². The predicted molar refractivity (Wildman–Crippen MR) is 69.8 cm³/mol. The maximum absolute atomic E-state index is 11.6. The third-order valence-electron chi connectivity index (χ3n) is 2.66. The highest BCUT2D eigenvalue weighted by molar-refractivity contribution is 6.30. The lowest BCUT2D eigenvalue weighted by molar-refractivity contribution is 0.259. The number of nitrogens with one attached hydrogen (secondary N) is 1. The fraction of sp³-hybridized carbons (Fsp3) is 0.333. The topological polar surface area (TPSA) is 44.7 Å². The summed E-state index contributed by atoms with van der Waals surface area (Å²) in [6.45, 7) is 0.965. The standard InChI is InChI=1S/C12H14ClN3O/c1-16-8-2-3-11(16)15-12(17)14-10-6-4-9(13)5-7-10/h4-7H,2-3,8H2,1H3,(H,14,17)/b15-11+. The smallest absolute Gasteiger partial charge is 0.347 e. The molecule has 1 aromatic rings. The molecule has 1 aliphatic heterocycles. The van der Waals surface area contributed by atoms with Crippen LogP contribution in [0.3, 0.4) is 0 Å². The van der Waals surface area contributed by atoms with Crippen molar-refractivity contribution in [2.45, 2.75) is 12.8 Å². The van der Waals surface area contributed by atoms with E-state index in [1.54, 1.807) is 24.3 Å². The van der Waals surface area contributed by atoms with Crippen LogP contribution in [-0.4, -0.2) is 30.4 Å². The van der Waals surface area contributed by atoms with Crippen LogP contribution in [-0.2, 0) is 0 Å². The van der Waals surface area contributed by atoms with Gasteiger partial charge in [0.15, 0.2) is 0 Å². The summed E-state index contributed by atoms with van der Waals surface area (Å²) in [4.78, 5) is 17.7. The fourth-order valence-corrected chi connectivity index (χ4v) is 1.86. The quantitative estimate of drug-likeness (QED) is 0.834. The van der Waals surface area contributed by atoms with Gasteiger partial charge in [-0.2, -0.15) is 4.99 Å². The van der Waals surface area contributed by atoms with Gasteiger partial charge in [0.1, 0.15) is 5.84 Å². The lowest BCUT2D eigenvalue weighted by Crippen LogP contribution is -2.21. The second kappa shape index (κ2) is 5.19. The molecule has 2 rings (SSSR count). The summed E-state index contributed by atoms with van der Waals surface area (Å²) in [5, 5.41) is 3.35. The third kappa shape index (κ3) is 3.20. The number of rotatable bonds is 1. The molecule has 90 valence electrons. The number of aliphatic imine (C=N–C) groups is 1. The molecule has 1 saturated heterocycles. The third-order valence-corrected chi connectivity index (χ3v) is 2.91. The zero-order valence-corrected chi connectivity index (χ0v) is 10.4. The van der Waals surface area contributed by atoms with Gasteiger partial charge in [0.05, 0.1) is 0 Å². The first-order chi connectivity index (χ1) is 8.15. The first kappa shape index (κ1) is 11.9. The maximum atomic E-state index is 11.6. The van der Waals surface area contributed by atoms with Gasteiger partial charge in [-0.25, -0.2) is 4.79 Å². The van der Waals surface area contributed by atoms with Crippen LogP contribution in [0, 0.1) is 0 Å². The number of hydrogen-bond acceptors (Lipinski definition) is 1. The van der Waals surface area contributed by atoms with Gasteiger partial charge in [-0.3, -0.25) is 0 Å². The number of anilines is 1. The van der Waals surface area contributed by atoms with E-state index in [1.807, 2.05) is 11.9 Å². The minimum atomic E-state index is -0.337. The molecular weight excluding hydrogens is 238 g/mol. The monoisotopic (exact) mass is 251 g/mol. The van der Waals surface area contributed by atoms with Crippen molar-refractivity contribution in [3.05, 3.63) is 29.3 Å². The summed E-state index contributed by atoms with van der Waals surface area (Å²) in [6.07, 6.45) is 1.92. The first-order valence-corrected chi connectivity index (χ1v) is 5.88. The van der Waals surface area contributed by atoms with E-state index in [0.29, 0.717) is 10.7 Å². The molecule has 1 aliphatic rings. The molecule has 0 aromatic heterocycles. The summed E-state index contributed by atoms with van der Waals surface area (Å²) in [6, 6.07) is 6.62. The van der Waals surface area contributed by atoms with Crippen LogP contribution >= 0.6 is 11.6 Å². The summed E-state index contributed by atoms with van der Waals surface area (Å²) in [5.74, 6) is 0.844. The van der Waals surface area contributed by atoms with Crippen molar-refractivity contribution >= 4 is 29.2 Å². The van der Waals surface area contributed by atoms with E-state index in [0.717, 1.165) is 25.2 Å². The number of hydrogen-bond donors (Lipinski definition) is 1. The molecule has 0 bridgehead atoms. The number of carbonyl (C=O) groups excluding carboxylic acids is 1. The Labute approximate surface area is 105 Å². The fourth-order valence-electron chi connectivity index (χ4n) is 1.74. The predicted octanol–water partition coefficient (Wildman–Crippen LogP) is 3.00. The molecule has 0 spiro atoms. The highest BCUT2D eigenvalue weighted by Gasteiger charge is 2.15. The van der Waals surface area contributed by atoms with Crippen LogP contribution in [0.15, 0.2) is 29.3 Å². The Morgan fingerprint density at radius 1 is 1.41 bits per heavy atom. The number of amides is 2. The van der Waals surface area contributed by atoms with Crippen molar-refractivity contribution in [3.8, 4) is 0 Å². The van der Waals surface area contributed by atoms with Gasteiger partial charge >= 0.3 is 6.03 Å². The normalized spacial score (nSPS) is 17.5. The van der Waals surface area contributed by atoms with Gasteiger partial charge in [0, 0.05) is 30.7 Å². The number of carbonyl (C=O) groups is 1. The van der Waals surface area contributed by atoms with Gasteiger partial charge in [-0.05, 0) is 30.7 Å². The summed E-state index contributed by atoms with van der Waals surface area (Å²) >= 11 is 5.76. The lowest BCUT2D eigenvalue weighted by Gasteiger charge is -2.10. The van der Waals surface area contributed by atoms with Gasteiger partial charge < -0.3 is 10.2 Å².